The highest BCUT2D eigenvalue weighted by Crippen LogP contribution is 2.20. The molecule has 3 heterocycles. The van der Waals surface area contributed by atoms with E-state index in [1.165, 1.54) is 0 Å². The molecule has 1 N–H and O–H groups in total. The van der Waals surface area contributed by atoms with Gasteiger partial charge in [-0.15, -0.1) is 0 Å². The molecule has 1 aliphatic rings. The molecular weight excluding hydrogens is 410 g/mol. The van der Waals surface area contributed by atoms with Gasteiger partial charge in [-0.2, -0.15) is 0 Å². The third-order valence-electron chi connectivity index (χ3n) is 5.04. The van der Waals surface area contributed by atoms with Gasteiger partial charge in [-0.3, -0.25) is 9.59 Å². The molecule has 3 aromatic rings. The van der Waals surface area contributed by atoms with E-state index < -0.39 is 0 Å². The summed E-state index contributed by atoms with van der Waals surface area (Å²) in [5.41, 5.74) is 2.44. The Kier molecular flexibility index (Phi) is 5.31. The van der Waals surface area contributed by atoms with Gasteiger partial charge >= 0.3 is 0 Å². The number of amides is 1. The van der Waals surface area contributed by atoms with E-state index in [1.54, 1.807) is 4.57 Å². The van der Waals surface area contributed by atoms with Crippen molar-refractivity contribution >= 4 is 38.4 Å². The second-order valence-corrected chi connectivity index (χ2v) is 7.81. The van der Waals surface area contributed by atoms with Gasteiger partial charge in [-0.1, -0.05) is 15.9 Å². The molecule has 27 heavy (non-hydrogen) atoms. The van der Waals surface area contributed by atoms with Gasteiger partial charge in [0, 0.05) is 36.8 Å². The highest BCUT2D eigenvalue weighted by Gasteiger charge is 2.16. The van der Waals surface area contributed by atoms with Crippen LogP contribution in [0.4, 0.5) is 0 Å². The fourth-order valence-electron chi connectivity index (χ4n) is 3.67. The molecule has 2 aromatic heterocycles. The van der Waals surface area contributed by atoms with Crippen molar-refractivity contribution in [1.82, 2.24) is 14.3 Å². The van der Waals surface area contributed by atoms with Crippen LogP contribution < -0.4 is 10.9 Å². The average molecular weight is 432 g/mol. The number of benzene rings is 1. The summed E-state index contributed by atoms with van der Waals surface area (Å²) in [7, 11) is 0. The predicted octanol–water partition coefficient (Wildman–Crippen LogP) is 3.09. The summed E-state index contributed by atoms with van der Waals surface area (Å²) in [6, 6.07) is 9.62. The molecule has 0 aliphatic carbocycles. The topological polar surface area (TPSA) is 64.7 Å². The Hall–Kier alpha value is -2.12. The maximum absolute atomic E-state index is 12.9. The maximum atomic E-state index is 12.9. The summed E-state index contributed by atoms with van der Waals surface area (Å²) >= 11 is 3.49. The number of aryl methyl sites for hydroxylation is 1. The Morgan fingerprint density at radius 1 is 1.26 bits per heavy atom. The lowest BCUT2D eigenvalue weighted by Crippen LogP contribution is -2.32. The van der Waals surface area contributed by atoms with Crippen molar-refractivity contribution < 1.29 is 9.53 Å². The lowest BCUT2D eigenvalue weighted by atomic mass is 10.2. The normalized spacial score (nSPS) is 17.0. The second kappa shape index (κ2) is 7.86. The van der Waals surface area contributed by atoms with Gasteiger partial charge in [0.1, 0.15) is 5.52 Å². The molecule has 0 saturated carbocycles. The molecule has 142 valence electrons. The number of hydrogen-bond acceptors (Lipinski definition) is 3. The third-order valence-corrected chi connectivity index (χ3v) is 5.53. The summed E-state index contributed by atoms with van der Waals surface area (Å²) in [4.78, 5) is 25.0. The number of carbonyl (C=O) groups excluding carboxylic acids is 1. The number of nitrogens with one attached hydrogen (secondary N) is 1. The zero-order valence-electron chi connectivity index (χ0n) is 15.0. The number of carbonyl (C=O) groups is 1. The van der Waals surface area contributed by atoms with Crippen molar-refractivity contribution in [3.05, 3.63) is 51.4 Å². The Balaban J connectivity index is 1.49. The Morgan fingerprint density at radius 2 is 2.15 bits per heavy atom. The fourth-order valence-corrected chi connectivity index (χ4v) is 4.02. The zero-order valence-corrected chi connectivity index (χ0v) is 16.6. The van der Waals surface area contributed by atoms with Gasteiger partial charge in [0.05, 0.1) is 17.1 Å². The van der Waals surface area contributed by atoms with E-state index in [9.17, 15) is 9.59 Å². The Morgan fingerprint density at radius 3 is 2.96 bits per heavy atom. The van der Waals surface area contributed by atoms with Crippen molar-refractivity contribution in [1.29, 1.82) is 0 Å². The number of halogens is 1. The van der Waals surface area contributed by atoms with E-state index in [2.05, 4.69) is 21.2 Å². The second-order valence-electron chi connectivity index (χ2n) is 6.90. The van der Waals surface area contributed by atoms with Gasteiger partial charge in [0.2, 0.25) is 5.91 Å². The van der Waals surface area contributed by atoms with Crippen LogP contribution >= 0.6 is 15.9 Å². The molecule has 1 aromatic carbocycles. The van der Waals surface area contributed by atoms with Crippen LogP contribution in [0.2, 0.25) is 0 Å². The van der Waals surface area contributed by atoms with E-state index in [4.69, 9.17) is 4.74 Å². The molecule has 1 aliphatic heterocycles. The quantitative estimate of drug-likeness (QED) is 0.651. The zero-order chi connectivity index (χ0) is 18.8. The minimum Gasteiger partial charge on any atom is -0.376 e. The minimum atomic E-state index is -0.0367. The first kappa shape index (κ1) is 18.3. The average Bonchev–Trinajstić information content (AvgIpc) is 3.34. The summed E-state index contributed by atoms with van der Waals surface area (Å²) in [5.74, 6) is 0.00722. The van der Waals surface area contributed by atoms with Crippen LogP contribution in [0.15, 0.2) is 45.8 Å². The van der Waals surface area contributed by atoms with Gasteiger partial charge in [0.15, 0.2) is 0 Å². The van der Waals surface area contributed by atoms with Crippen molar-refractivity contribution in [3.63, 3.8) is 0 Å². The lowest BCUT2D eigenvalue weighted by Gasteiger charge is -2.14. The Bertz CT molecular complexity index is 1030. The molecule has 7 heteroatoms. The summed E-state index contributed by atoms with van der Waals surface area (Å²) in [6.45, 7) is 1.86. The lowest BCUT2D eigenvalue weighted by molar-refractivity contribution is -0.121. The van der Waals surface area contributed by atoms with Crippen LogP contribution in [0.1, 0.15) is 25.7 Å². The molecule has 1 amide bonds. The highest BCUT2D eigenvalue weighted by molar-refractivity contribution is 9.10. The molecule has 6 nitrogen and oxygen atoms in total. The van der Waals surface area contributed by atoms with Gasteiger partial charge in [-0.25, -0.2) is 0 Å². The van der Waals surface area contributed by atoms with E-state index in [1.807, 2.05) is 40.9 Å². The number of fused-ring (bicyclic) bond motifs is 3. The molecule has 4 rings (SSSR count). The molecule has 0 unspecified atom stereocenters. The van der Waals surface area contributed by atoms with Crippen LogP contribution in [0, 0.1) is 0 Å². The summed E-state index contributed by atoms with van der Waals surface area (Å²) in [6.07, 6.45) is 5.11. The minimum absolute atomic E-state index is 0.00722. The molecule has 1 fully saturated rings. The molecule has 1 atom stereocenters. The fraction of sp³-hybridized carbons (Fsp3) is 0.400. The molecular formula is C20H22BrN3O3. The van der Waals surface area contributed by atoms with Crippen molar-refractivity contribution in [2.75, 3.05) is 13.2 Å². The molecule has 1 saturated heterocycles. The first-order valence-corrected chi connectivity index (χ1v) is 10.1. The SMILES string of the molecule is O=C(CCCn1c(=O)c2cccn2c2ccc(Br)cc21)NC[C@H]1CCCO1. The molecule has 0 spiro atoms. The first-order chi connectivity index (χ1) is 13.1. The number of hydrogen-bond donors (Lipinski definition) is 1. The van der Waals surface area contributed by atoms with E-state index >= 15 is 0 Å². The number of nitrogens with zero attached hydrogens (tertiary/aromatic N) is 2. The smallest absolute Gasteiger partial charge is 0.275 e. The maximum Gasteiger partial charge on any atom is 0.275 e. The van der Waals surface area contributed by atoms with Crippen LogP contribution in [-0.4, -0.2) is 34.1 Å². The highest BCUT2D eigenvalue weighted by atomic mass is 79.9. The molecule has 0 bridgehead atoms. The van der Waals surface area contributed by atoms with Gasteiger partial charge < -0.3 is 19.0 Å². The number of aromatic nitrogens is 2. The number of rotatable bonds is 6. The van der Waals surface area contributed by atoms with Crippen LogP contribution in [0.3, 0.4) is 0 Å². The predicted molar refractivity (Wildman–Crippen MR) is 108 cm³/mol. The van der Waals surface area contributed by atoms with Crippen molar-refractivity contribution in [3.8, 4) is 0 Å². The van der Waals surface area contributed by atoms with Crippen LogP contribution in [0.5, 0.6) is 0 Å². The third kappa shape index (κ3) is 3.80. The van der Waals surface area contributed by atoms with Crippen molar-refractivity contribution in [2.24, 2.45) is 0 Å². The monoisotopic (exact) mass is 431 g/mol. The molecule has 0 radical (unpaired) electrons. The van der Waals surface area contributed by atoms with E-state index in [-0.39, 0.29) is 17.6 Å². The van der Waals surface area contributed by atoms with Gasteiger partial charge in [0.25, 0.3) is 5.56 Å². The van der Waals surface area contributed by atoms with Gasteiger partial charge in [-0.05, 0) is 49.6 Å². The number of ether oxygens (including phenoxy) is 1. The van der Waals surface area contributed by atoms with Crippen LogP contribution in [0.25, 0.3) is 16.6 Å². The summed E-state index contributed by atoms with van der Waals surface area (Å²) in [5, 5.41) is 2.93. The van der Waals surface area contributed by atoms with Crippen molar-refractivity contribution in [2.45, 2.75) is 38.3 Å². The van der Waals surface area contributed by atoms with Crippen LogP contribution in [-0.2, 0) is 16.1 Å². The van der Waals surface area contributed by atoms with E-state index in [0.717, 1.165) is 35.0 Å². The summed E-state index contributed by atoms with van der Waals surface area (Å²) < 4.78 is 10.1. The Labute approximate surface area is 165 Å². The first-order valence-electron chi connectivity index (χ1n) is 9.31. The standard InChI is InChI=1S/C20H22BrN3O3/c21-14-7-8-16-18(12-14)24(20(26)17-5-1-9-23(16)17)10-2-6-19(25)22-13-15-4-3-11-27-15/h1,5,7-9,12,15H,2-4,6,10-11,13H2,(H,22,25)/t15-/m1/s1. The van der Waals surface area contributed by atoms with E-state index in [0.29, 0.717) is 31.4 Å². The largest absolute Gasteiger partial charge is 0.376 e.